The summed E-state index contributed by atoms with van der Waals surface area (Å²) in [5.41, 5.74) is 3.32. The molecule has 11 heteroatoms. The Morgan fingerprint density at radius 2 is 1.81 bits per heavy atom. The van der Waals surface area contributed by atoms with Crippen molar-refractivity contribution in [2.75, 3.05) is 25.6 Å². The normalized spacial score (nSPS) is 16.0. The Hall–Kier alpha value is -2.21. The summed E-state index contributed by atoms with van der Waals surface area (Å²) in [6.07, 6.45) is -0.0601. The van der Waals surface area contributed by atoms with E-state index < -0.39 is 20.5 Å². The van der Waals surface area contributed by atoms with E-state index in [9.17, 15) is 13.2 Å². The number of sulfone groups is 1. The van der Waals surface area contributed by atoms with Crippen molar-refractivity contribution in [2.45, 2.75) is 41.5 Å². The molecule has 31 heavy (non-hydrogen) atoms. The lowest BCUT2D eigenvalue weighted by Crippen LogP contribution is -2.54. The van der Waals surface area contributed by atoms with Gasteiger partial charge >= 0.3 is 0 Å². The van der Waals surface area contributed by atoms with Crippen molar-refractivity contribution in [3.05, 3.63) is 41.7 Å². The number of thioether (sulfide) groups is 1. The van der Waals surface area contributed by atoms with E-state index >= 15 is 0 Å². The van der Waals surface area contributed by atoms with Gasteiger partial charge in [0.1, 0.15) is 5.75 Å². The van der Waals surface area contributed by atoms with Gasteiger partial charge in [-0.05, 0) is 57.0 Å². The molecule has 2 aromatic rings. The second-order valence-electron chi connectivity index (χ2n) is 7.15. The third-order valence-electron chi connectivity index (χ3n) is 5.01. The van der Waals surface area contributed by atoms with Gasteiger partial charge in [0.2, 0.25) is 0 Å². The summed E-state index contributed by atoms with van der Waals surface area (Å²) >= 11 is 1.48. The van der Waals surface area contributed by atoms with Gasteiger partial charge in [-0.15, -0.1) is 0 Å². The maximum atomic E-state index is 13.2. The summed E-state index contributed by atoms with van der Waals surface area (Å²) in [5, 5.41) is 9.79. The van der Waals surface area contributed by atoms with Crippen LogP contribution in [-0.2, 0) is 19.4 Å². The van der Waals surface area contributed by atoms with Crippen molar-refractivity contribution in [1.29, 1.82) is 0 Å². The minimum Gasteiger partial charge on any atom is -0.493 e. The largest absolute Gasteiger partial charge is 0.493 e. The van der Waals surface area contributed by atoms with Gasteiger partial charge in [-0.1, -0.05) is 11.8 Å². The monoisotopic (exact) mass is 467 g/mol. The van der Waals surface area contributed by atoms with Crippen LogP contribution in [0.4, 0.5) is 0 Å². The van der Waals surface area contributed by atoms with Crippen LogP contribution in [0.15, 0.2) is 40.4 Å². The number of aryl methyl sites for hydroxylation is 2. The predicted octanol–water partition coefficient (Wildman–Crippen LogP) is 2.09. The number of hydrogen-bond acceptors (Lipinski definition) is 9. The quantitative estimate of drug-likeness (QED) is 0.197. The van der Waals surface area contributed by atoms with Crippen molar-refractivity contribution < 1.29 is 27.9 Å². The van der Waals surface area contributed by atoms with Crippen LogP contribution in [0, 0.1) is 13.8 Å². The van der Waals surface area contributed by atoms with Crippen LogP contribution in [0.3, 0.4) is 0 Å². The summed E-state index contributed by atoms with van der Waals surface area (Å²) in [5.74, 6) is 0.193. The van der Waals surface area contributed by atoms with E-state index in [1.54, 1.807) is 12.1 Å². The Bertz CT molecular complexity index is 1000. The Labute approximate surface area is 185 Å². The molecule has 0 bridgehead atoms. The van der Waals surface area contributed by atoms with Crippen molar-refractivity contribution in [2.24, 2.45) is 0 Å². The van der Waals surface area contributed by atoms with E-state index in [1.165, 1.54) is 29.4 Å². The number of hydrogen-bond donors (Lipinski definition) is 2. The van der Waals surface area contributed by atoms with Gasteiger partial charge in [-0.2, -0.15) is 0 Å². The number of nitrogens with zero attached hydrogens (tertiary/aromatic N) is 2. The molecule has 1 aliphatic heterocycles. The number of rotatable bonds is 8. The molecule has 2 N–H and O–H groups in total. The van der Waals surface area contributed by atoms with E-state index in [2.05, 4.69) is 9.97 Å². The summed E-state index contributed by atoms with van der Waals surface area (Å²) in [7, 11) is -4.05. The first-order valence-electron chi connectivity index (χ1n) is 9.73. The van der Waals surface area contributed by atoms with E-state index in [-0.39, 0.29) is 31.0 Å². The van der Waals surface area contributed by atoms with Gasteiger partial charge < -0.3 is 9.47 Å². The van der Waals surface area contributed by atoms with Crippen molar-refractivity contribution >= 4 is 27.5 Å². The SMILES string of the molecule is Cc1cc(C)nc(SCCOc2ccc(S(=O)(=O)C3(C(=O)NO)CCOCC3)cc2)n1. The van der Waals surface area contributed by atoms with Gasteiger partial charge in [0, 0.05) is 30.4 Å². The highest BCUT2D eigenvalue weighted by Gasteiger charge is 2.52. The number of nitrogens with one attached hydrogen (secondary N) is 1. The van der Waals surface area contributed by atoms with E-state index in [4.69, 9.17) is 14.7 Å². The molecule has 0 unspecified atom stereocenters. The fraction of sp³-hybridized carbons (Fsp3) is 0.450. The minimum atomic E-state index is -4.05. The summed E-state index contributed by atoms with van der Waals surface area (Å²) < 4.78 is 35.6. The molecule has 0 spiro atoms. The van der Waals surface area contributed by atoms with Crippen LogP contribution in [0.2, 0.25) is 0 Å². The minimum absolute atomic E-state index is 0.0108. The van der Waals surface area contributed by atoms with Crippen molar-refractivity contribution in [3.63, 3.8) is 0 Å². The number of carbonyl (C=O) groups is 1. The number of ether oxygens (including phenoxy) is 2. The van der Waals surface area contributed by atoms with Gasteiger partial charge in [-0.25, -0.2) is 23.9 Å². The maximum Gasteiger partial charge on any atom is 0.265 e. The lowest BCUT2D eigenvalue weighted by molar-refractivity contribution is -0.134. The Balaban J connectivity index is 1.64. The van der Waals surface area contributed by atoms with E-state index in [0.29, 0.717) is 23.3 Å². The summed E-state index contributed by atoms with van der Waals surface area (Å²) in [6.45, 7) is 4.46. The lowest BCUT2D eigenvalue weighted by atomic mass is 9.98. The zero-order chi connectivity index (χ0) is 22.5. The highest BCUT2D eigenvalue weighted by atomic mass is 32.2. The highest BCUT2D eigenvalue weighted by Crippen LogP contribution is 2.35. The summed E-state index contributed by atoms with van der Waals surface area (Å²) in [4.78, 5) is 21.0. The number of benzene rings is 1. The van der Waals surface area contributed by atoms with Crippen LogP contribution in [0.25, 0.3) is 0 Å². The second kappa shape index (κ2) is 9.94. The highest BCUT2D eigenvalue weighted by molar-refractivity contribution is 7.99. The molecule has 0 aliphatic carbocycles. The van der Waals surface area contributed by atoms with Crippen molar-refractivity contribution in [3.8, 4) is 5.75 Å². The predicted molar refractivity (Wildman–Crippen MR) is 114 cm³/mol. The zero-order valence-corrected chi connectivity index (χ0v) is 19.0. The Kier molecular flexibility index (Phi) is 7.52. The number of hydroxylamine groups is 1. The number of amides is 1. The molecular formula is C20H25N3O6S2. The van der Waals surface area contributed by atoms with Gasteiger partial charge in [0.25, 0.3) is 5.91 Å². The molecule has 1 aliphatic rings. The lowest BCUT2D eigenvalue weighted by Gasteiger charge is -2.34. The van der Waals surface area contributed by atoms with Crippen LogP contribution >= 0.6 is 11.8 Å². The van der Waals surface area contributed by atoms with Gasteiger partial charge in [0.05, 0.1) is 11.5 Å². The molecule has 0 atom stereocenters. The third kappa shape index (κ3) is 5.17. The average molecular weight is 468 g/mol. The maximum absolute atomic E-state index is 13.2. The third-order valence-corrected chi connectivity index (χ3v) is 8.34. The number of carbonyl (C=O) groups excluding carboxylic acids is 1. The van der Waals surface area contributed by atoms with E-state index in [1.807, 2.05) is 19.9 Å². The second-order valence-corrected chi connectivity index (χ2v) is 10.5. The molecule has 9 nitrogen and oxygen atoms in total. The first-order valence-corrected chi connectivity index (χ1v) is 12.2. The van der Waals surface area contributed by atoms with Crippen LogP contribution in [0.1, 0.15) is 24.2 Å². The smallest absolute Gasteiger partial charge is 0.265 e. The standard InChI is InChI=1S/C20H25N3O6S2/c1-14-13-15(2)22-19(21-14)30-12-11-29-16-3-5-17(6-4-16)31(26,27)20(18(24)23-25)7-9-28-10-8-20/h3-6,13,25H,7-12H2,1-2H3,(H,23,24). The Morgan fingerprint density at radius 3 is 2.39 bits per heavy atom. The summed E-state index contributed by atoms with van der Waals surface area (Å²) in [6, 6.07) is 7.83. The molecular weight excluding hydrogens is 442 g/mol. The van der Waals surface area contributed by atoms with E-state index in [0.717, 1.165) is 11.4 Å². The first-order chi connectivity index (χ1) is 14.8. The van der Waals surface area contributed by atoms with Crippen LogP contribution in [0.5, 0.6) is 5.75 Å². The molecule has 168 valence electrons. The average Bonchev–Trinajstić information content (AvgIpc) is 2.76. The fourth-order valence-electron chi connectivity index (χ4n) is 3.41. The molecule has 0 radical (unpaired) electrons. The van der Waals surface area contributed by atoms with Crippen LogP contribution in [-0.4, -0.2) is 59.8 Å². The molecule has 1 aromatic carbocycles. The number of aromatic nitrogens is 2. The van der Waals surface area contributed by atoms with Gasteiger partial charge in [-0.3, -0.25) is 10.0 Å². The molecule has 1 aromatic heterocycles. The fourth-order valence-corrected chi connectivity index (χ4v) is 6.12. The van der Waals surface area contributed by atoms with Crippen molar-refractivity contribution in [1.82, 2.24) is 15.4 Å². The van der Waals surface area contributed by atoms with Gasteiger partial charge in [0.15, 0.2) is 19.7 Å². The molecule has 1 fully saturated rings. The first kappa shape index (κ1) is 23.5. The molecule has 2 heterocycles. The molecule has 3 rings (SSSR count). The zero-order valence-electron chi connectivity index (χ0n) is 17.3. The van der Waals surface area contributed by atoms with Crippen LogP contribution < -0.4 is 10.2 Å². The Morgan fingerprint density at radius 1 is 1.19 bits per heavy atom. The molecule has 0 saturated carbocycles. The topological polar surface area (TPSA) is 128 Å². The molecule has 1 amide bonds. The molecule has 1 saturated heterocycles.